The van der Waals surface area contributed by atoms with Gasteiger partial charge in [0.2, 0.25) is 5.91 Å². The van der Waals surface area contributed by atoms with E-state index in [1.165, 1.54) is 6.08 Å². The van der Waals surface area contributed by atoms with Crippen LogP contribution in [0.2, 0.25) is 5.15 Å². The molecule has 0 saturated carbocycles. The molecule has 24 heavy (non-hydrogen) atoms. The van der Waals surface area contributed by atoms with Gasteiger partial charge in [-0.1, -0.05) is 31.5 Å². The van der Waals surface area contributed by atoms with Gasteiger partial charge in [0.15, 0.2) is 0 Å². The molecule has 2 aromatic heterocycles. The first-order chi connectivity index (χ1) is 11.4. The zero-order chi connectivity index (χ0) is 17.7. The lowest BCUT2D eigenvalue weighted by Crippen LogP contribution is -2.24. The van der Waals surface area contributed by atoms with Crippen LogP contribution in [0.5, 0.6) is 0 Å². The van der Waals surface area contributed by atoms with Gasteiger partial charge in [-0.25, -0.2) is 0 Å². The number of rotatable bonds is 6. The summed E-state index contributed by atoms with van der Waals surface area (Å²) in [5, 5.41) is 5.01. The van der Waals surface area contributed by atoms with Gasteiger partial charge in [0, 0.05) is 31.4 Å². The maximum atomic E-state index is 12.3. The molecule has 0 fully saturated rings. The SMILES string of the molecule is Cc1nn(CC(C)C)c(Cl)c1/C=C/C(=O)N(C)Cc1ccccn1. The Hall–Kier alpha value is -2.14. The molecule has 0 unspecified atom stereocenters. The molecule has 0 bridgehead atoms. The smallest absolute Gasteiger partial charge is 0.246 e. The minimum Gasteiger partial charge on any atom is -0.336 e. The Bertz CT molecular complexity index is 722. The number of amides is 1. The number of hydrogen-bond donors (Lipinski definition) is 0. The topological polar surface area (TPSA) is 51.0 Å². The number of aryl methyl sites for hydroxylation is 1. The Morgan fingerprint density at radius 3 is 2.79 bits per heavy atom. The van der Waals surface area contributed by atoms with E-state index in [1.807, 2.05) is 25.1 Å². The van der Waals surface area contributed by atoms with Gasteiger partial charge in [-0.3, -0.25) is 14.5 Å². The van der Waals surface area contributed by atoms with Crippen LogP contribution in [0.15, 0.2) is 30.5 Å². The summed E-state index contributed by atoms with van der Waals surface area (Å²) in [6.45, 7) is 7.33. The van der Waals surface area contributed by atoms with E-state index >= 15 is 0 Å². The van der Waals surface area contributed by atoms with E-state index in [9.17, 15) is 4.79 Å². The number of carbonyl (C=O) groups excluding carboxylic acids is 1. The molecule has 0 aliphatic heterocycles. The van der Waals surface area contributed by atoms with Crippen LogP contribution in [-0.4, -0.2) is 32.6 Å². The Balaban J connectivity index is 2.07. The van der Waals surface area contributed by atoms with Crippen LogP contribution >= 0.6 is 11.6 Å². The summed E-state index contributed by atoms with van der Waals surface area (Å²) >= 11 is 6.38. The first-order valence-electron chi connectivity index (χ1n) is 7.94. The Morgan fingerprint density at radius 2 is 2.17 bits per heavy atom. The van der Waals surface area contributed by atoms with Gasteiger partial charge in [0.05, 0.1) is 17.9 Å². The monoisotopic (exact) mass is 346 g/mol. The van der Waals surface area contributed by atoms with Crippen LogP contribution in [-0.2, 0) is 17.9 Å². The van der Waals surface area contributed by atoms with Gasteiger partial charge in [0.1, 0.15) is 5.15 Å². The first kappa shape index (κ1) is 18.2. The van der Waals surface area contributed by atoms with Crippen molar-refractivity contribution in [2.24, 2.45) is 5.92 Å². The highest BCUT2D eigenvalue weighted by Crippen LogP contribution is 2.22. The molecule has 0 radical (unpaired) electrons. The van der Waals surface area contributed by atoms with Crippen molar-refractivity contribution < 1.29 is 4.79 Å². The minimum absolute atomic E-state index is 0.104. The highest BCUT2D eigenvalue weighted by Gasteiger charge is 2.13. The van der Waals surface area contributed by atoms with Crippen molar-refractivity contribution in [1.82, 2.24) is 19.7 Å². The van der Waals surface area contributed by atoms with Gasteiger partial charge in [-0.05, 0) is 31.1 Å². The lowest BCUT2D eigenvalue weighted by Gasteiger charge is -2.14. The summed E-state index contributed by atoms with van der Waals surface area (Å²) in [4.78, 5) is 18.1. The number of aromatic nitrogens is 3. The zero-order valence-corrected chi connectivity index (χ0v) is 15.3. The van der Waals surface area contributed by atoms with E-state index < -0.39 is 0 Å². The highest BCUT2D eigenvalue weighted by atomic mass is 35.5. The molecule has 0 N–H and O–H groups in total. The largest absolute Gasteiger partial charge is 0.336 e. The fourth-order valence-corrected chi connectivity index (χ4v) is 2.62. The minimum atomic E-state index is -0.104. The van der Waals surface area contributed by atoms with Gasteiger partial charge in [0.25, 0.3) is 0 Å². The molecular formula is C18H23ClN4O. The van der Waals surface area contributed by atoms with Crippen molar-refractivity contribution in [3.63, 3.8) is 0 Å². The molecule has 0 aromatic carbocycles. The molecule has 2 aromatic rings. The Morgan fingerprint density at radius 1 is 1.42 bits per heavy atom. The van der Waals surface area contributed by atoms with Crippen molar-refractivity contribution >= 4 is 23.6 Å². The summed E-state index contributed by atoms with van der Waals surface area (Å²) in [7, 11) is 1.75. The normalized spacial score (nSPS) is 11.4. The number of likely N-dealkylation sites (N-methyl/N-ethyl adjacent to an activating group) is 1. The van der Waals surface area contributed by atoms with Gasteiger partial charge < -0.3 is 4.90 Å². The maximum absolute atomic E-state index is 12.3. The fourth-order valence-electron chi connectivity index (χ4n) is 2.32. The van der Waals surface area contributed by atoms with Crippen LogP contribution in [0.25, 0.3) is 6.08 Å². The molecule has 0 aliphatic carbocycles. The first-order valence-corrected chi connectivity index (χ1v) is 8.32. The molecule has 0 saturated heterocycles. The predicted molar refractivity (Wildman–Crippen MR) is 96.6 cm³/mol. The second-order valence-corrected chi connectivity index (χ2v) is 6.57. The number of hydrogen-bond acceptors (Lipinski definition) is 3. The third-order valence-electron chi connectivity index (χ3n) is 3.54. The maximum Gasteiger partial charge on any atom is 0.246 e. The van der Waals surface area contributed by atoms with E-state index in [-0.39, 0.29) is 5.91 Å². The van der Waals surface area contributed by atoms with Crippen molar-refractivity contribution in [3.05, 3.63) is 52.6 Å². The standard InChI is InChI=1S/C18H23ClN4O/c1-13(2)11-23-18(19)16(14(3)21-23)8-9-17(24)22(4)12-15-7-5-6-10-20-15/h5-10,13H,11-12H2,1-4H3/b9-8+. The molecule has 0 aliphatic rings. The number of carbonyl (C=O) groups is 1. The van der Waals surface area contributed by atoms with E-state index in [0.29, 0.717) is 17.6 Å². The van der Waals surface area contributed by atoms with E-state index in [0.717, 1.165) is 23.5 Å². The number of nitrogens with zero attached hydrogens (tertiary/aromatic N) is 4. The van der Waals surface area contributed by atoms with Crippen LogP contribution in [0, 0.1) is 12.8 Å². The second kappa shape index (κ2) is 8.11. The van der Waals surface area contributed by atoms with E-state index in [1.54, 1.807) is 28.9 Å². The van der Waals surface area contributed by atoms with Gasteiger partial charge in [-0.2, -0.15) is 5.10 Å². The zero-order valence-electron chi connectivity index (χ0n) is 14.5. The van der Waals surface area contributed by atoms with Gasteiger partial charge >= 0.3 is 0 Å². The quantitative estimate of drug-likeness (QED) is 0.751. The van der Waals surface area contributed by atoms with Crippen LogP contribution < -0.4 is 0 Å². The average molecular weight is 347 g/mol. The number of pyridine rings is 1. The van der Waals surface area contributed by atoms with E-state index in [2.05, 4.69) is 23.9 Å². The molecule has 6 heteroatoms. The molecule has 0 atom stereocenters. The summed E-state index contributed by atoms with van der Waals surface area (Å²) in [6, 6.07) is 5.65. The van der Waals surface area contributed by atoms with Crippen molar-refractivity contribution in [1.29, 1.82) is 0 Å². The predicted octanol–water partition coefficient (Wildman–Crippen LogP) is 3.57. The third-order valence-corrected chi connectivity index (χ3v) is 3.94. The third kappa shape index (κ3) is 4.68. The molecule has 5 nitrogen and oxygen atoms in total. The van der Waals surface area contributed by atoms with Gasteiger partial charge in [-0.15, -0.1) is 0 Å². The molecule has 2 heterocycles. The molecular weight excluding hydrogens is 324 g/mol. The highest BCUT2D eigenvalue weighted by molar-refractivity contribution is 6.31. The average Bonchev–Trinajstić information content (AvgIpc) is 2.79. The molecule has 0 spiro atoms. The Kier molecular flexibility index (Phi) is 6.15. The van der Waals surface area contributed by atoms with Crippen molar-refractivity contribution in [2.45, 2.75) is 33.9 Å². The van der Waals surface area contributed by atoms with Crippen LogP contribution in [0.1, 0.15) is 30.8 Å². The lowest BCUT2D eigenvalue weighted by atomic mass is 10.2. The number of halogens is 1. The van der Waals surface area contributed by atoms with Crippen LogP contribution in [0.3, 0.4) is 0 Å². The molecule has 1 amide bonds. The Labute approximate surface area is 147 Å². The summed E-state index contributed by atoms with van der Waals surface area (Å²) < 4.78 is 1.78. The second-order valence-electron chi connectivity index (χ2n) is 6.21. The summed E-state index contributed by atoms with van der Waals surface area (Å²) in [5.41, 5.74) is 2.45. The van der Waals surface area contributed by atoms with Crippen LogP contribution in [0.4, 0.5) is 0 Å². The fraction of sp³-hybridized carbons (Fsp3) is 0.389. The van der Waals surface area contributed by atoms with Crippen molar-refractivity contribution in [2.75, 3.05) is 7.05 Å². The van der Waals surface area contributed by atoms with E-state index in [4.69, 9.17) is 11.6 Å². The summed E-state index contributed by atoms with van der Waals surface area (Å²) in [6.07, 6.45) is 4.98. The lowest BCUT2D eigenvalue weighted by molar-refractivity contribution is -0.125. The summed E-state index contributed by atoms with van der Waals surface area (Å²) in [5.74, 6) is 0.345. The van der Waals surface area contributed by atoms with Crippen molar-refractivity contribution in [3.8, 4) is 0 Å². The molecule has 2 rings (SSSR count). The molecule has 128 valence electrons.